The molecule has 49 heavy (non-hydrogen) atoms. The number of thioether (sulfide) groups is 2. The van der Waals surface area contributed by atoms with Gasteiger partial charge in [0, 0.05) is 47.9 Å². The summed E-state index contributed by atoms with van der Waals surface area (Å²) in [5, 5.41) is 18.6. The van der Waals surface area contributed by atoms with E-state index in [9.17, 15) is 19.2 Å². The van der Waals surface area contributed by atoms with E-state index in [0.29, 0.717) is 102 Å². The summed E-state index contributed by atoms with van der Waals surface area (Å²) in [6.07, 6.45) is 6.65. The van der Waals surface area contributed by atoms with Crippen molar-refractivity contribution >= 4 is 47.4 Å². The number of amides is 6. The lowest BCUT2D eigenvalue weighted by atomic mass is 10.0. The molecule has 4 fully saturated rings. The summed E-state index contributed by atoms with van der Waals surface area (Å²) in [7, 11) is 0. The Morgan fingerprint density at radius 1 is 0.551 bits per heavy atom. The number of carbonyl (C=O) groups is 4. The molecule has 6 N–H and O–H groups in total. The first kappa shape index (κ1) is 39.8. The SMILES string of the molecule is O=C(CCCC[C@@H]1SCC2NC(=O)NC21)NCCOCCOCCOCCOCCOCCNC(=O)CCCC[C@H]1SCC2NC(=O)NC21. The molecule has 0 aromatic heterocycles. The van der Waals surface area contributed by atoms with E-state index in [2.05, 4.69) is 31.9 Å². The van der Waals surface area contributed by atoms with Crippen LogP contribution in [0.4, 0.5) is 9.59 Å². The van der Waals surface area contributed by atoms with E-state index in [4.69, 9.17) is 23.7 Å². The zero-order chi connectivity index (χ0) is 34.5. The molecule has 0 bridgehead atoms. The van der Waals surface area contributed by atoms with Crippen molar-refractivity contribution in [1.82, 2.24) is 31.9 Å². The fourth-order valence-electron chi connectivity index (χ4n) is 6.23. The van der Waals surface area contributed by atoms with Crippen molar-refractivity contribution in [3.05, 3.63) is 0 Å². The van der Waals surface area contributed by atoms with E-state index in [-0.39, 0.29) is 48.0 Å². The monoisotopic (exact) mass is 732 g/mol. The predicted octanol–water partition coefficient (Wildman–Crippen LogP) is 0.753. The van der Waals surface area contributed by atoms with E-state index in [1.807, 2.05) is 23.5 Å². The van der Waals surface area contributed by atoms with E-state index in [1.165, 1.54) is 0 Å². The number of rotatable bonds is 28. The summed E-state index contributed by atoms with van der Waals surface area (Å²) in [4.78, 5) is 47.0. The summed E-state index contributed by atoms with van der Waals surface area (Å²) in [6, 6.07) is 0.805. The van der Waals surface area contributed by atoms with Gasteiger partial charge in [-0.15, -0.1) is 0 Å². The fraction of sp³-hybridized carbons (Fsp3) is 0.875. The highest BCUT2D eigenvalue weighted by molar-refractivity contribution is 8.00. The van der Waals surface area contributed by atoms with Gasteiger partial charge in [-0.3, -0.25) is 9.59 Å². The van der Waals surface area contributed by atoms with Gasteiger partial charge in [0.25, 0.3) is 0 Å². The second-order valence-electron chi connectivity index (χ2n) is 12.5. The van der Waals surface area contributed by atoms with Crippen molar-refractivity contribution in [3.8, 4) is 0 Å². The van der Waals surface area contributed by atoms with Gasteiger partial charge < -0.3 is 55.6 Å². The quantitative estimate of drug-likeness (QED) is 0.0493. The van der Waals surface area contributed by atoms with Crippen LogP contribution in [0, 0.1) is 0 Å². The van der Waals surface area contributed by atoms with Crippen LogP contribution in [0.1, 0.15) is 51.4 Å². The van der Waals surface area contributed by atoms with Crippen LogP contribution in [0.2, 0.25) is 0 Å². The summed E-state index contributed by atoms with van der Waals surface area (Å²) in [5.74, 6) is 2.00. The summed E-state index contributed by atoms with van der Waals surface area (Å²) in [5.41, 5.74) is 0. The molecule has 4 aliphatic heterocycles. The maximum atomic E-state index is 12.0. The largest absolute Gasteiger partial charge is 0.377 e. The molecule has 4 heterocycles. The smallest absolute Gasteiger partial charge is 0.315 e. The van der Waals surface area contributed by atoms with Crippen LogP contribution in [-0.4, -0.2) is 149 Å². The zero-order valence-corrected chi connectivity index (χ0v) is 30.1. The number of hydrogen-bond acceptors (Lipinski definition) is 11. The van der Waals surface area contributed by atoms with Crippen LogP contribution in [0.15, 0.2) is 0 Å². The Morgan fingerprint density at radius 3 is 1.31 bits per heavy atom. The summed E-state index contributed by atoms with van der Waals surface area (Å²) >= 11 is 3.80. The summed E-state index contributed by atoms with van der Waals surface area (Å²) in [6.45, 7) is 5.56. The molecule has 6 amide bonds. The van der Waals surface area contributed by atoms with Crippen molar-refractivity contribution in [1.29, 1.82) is 0 Å². The molecule has 15 nitrogen and oxygen atoms in total. The van der Waals surface area contributed by atoms with Crippen LogP contribution in [0.3, 0.4) is 0 Å². The molecule has 0 aliphatic carbocycles. The molecule has 0 aromatic carbocycles. The zero-order valence-electron chi connectivity index (χ0n) is 28.5. The second-order valence-corrected chi connectivity index (χ2v) is 15.0. The van der Waals surface area contributed by atoms with Gasteiger partial charge in [-0.05, 0) is 25.7 Å². The Balaban J connectivity index is 0.794. The molecule has 0 spiro atoms. The Morgan fingerprint density at radius 2 is 0.918 bits per heavy atom. The lowest BCUT2D eigenvalue weighted by Gasteiger charge is -2.16. The highest BCUT2D eigenvalue weighted by Gasteiger charge is 2.43. The minimum Gasteiger partial charge on any atom is -0.377 e. The Bertz CT molecular complexity index is 942. The molecule has 4 rings (SSSR count). The lowest BCUT2D eigenvalue weighted by molar-refractivity contribution is -0.122. The predicted molar refractivity (Wildman–Crippen MR) is 188 cm³/mol. The number of hydrogen-bond donors (Lipinski definition) is 6. The summed E-state index contributed by atoms with van der Waals surface area (Å²) < 4.78 is 27.5. The molecular formula is C32H56N6O9S2. The molecule has 6 atom stereocenters. The van der Waals surface area contributed by atoms with Gasteiger partial charge in [0.05, 0.1) is 90.2 Å². The number of nitrogens with one attached hydrogen (secondary N) is 6. The van der Waals surface area contributed by atoms with Crippen LogP contribution in [-0.2, 0) is 33.3 Å². The average molecular weight is 733 g/mol. The van der Waals surface area contributed by atoms with E-state index in [1.54, 1.807) is 0 Å². The topological polar surface area (TPSA) is 187 Å². The third kappa shape index (κ3) is 15.4. The van der Waals surface area contributed by atoms with Gasteiger partial charge in [0.1, 0.15) is 0 Å². The lowest BCUT2D eigenvalue weighted by Crippen LogP contribution is -2.36. The normalized spacial score (nSPS) is 25.3. The molecule has 280 valence electrons. The second kappa shape index (κ2) is 23.5. The van der Waals surface area contributed by atoms with Gasteiger partial charge in [0.2, 0.25) is 11.8 Å². The molecule has 17 heteroatoms. The van der Waals surface area contributed by atoms with Crippen LogP contribution in [0.25, 0.3) is 0 Å². The number of fused-ring (bicyclic) bond motifs is 2. The van der Waals surface area contributed by atoms with Gasteiger partial charge in [-0.2, -0.15) is 23.5 Å². The van der Waals surface area contributed by atoms with Gasteiger partial charge in [-0.25, -0.2) is 9.59 Å². The fourth-order valence-corrected chi connectivity index (χ4v) is 9.32. The highest BCUT2D eigenvalue weighted by atomic mass is 32.2. The van der Waals surface area contributed by atoms with Crippen LogP contribution >= 0.6 is 23.5 Å². The Labute approximate surface area is 298 Å². The van der Waals surface area contributed by atoms with Crippen LogP contribution < -0.4 is 31.9 Å². The third-order valence-electron chi connectivity index (χ3n) is 8.79. The molecule has 4 aliphatic rings. The molecule has 4 unspecified atom stereocenters. The van der Waals surface area contributed by atoms with Crippen molar-refractivity contribution in [2.45, 2.75) is 86.0 Å². The van der Waals surface area contributed by atoms with Gasteiger partial charge in [-0.1, -0.05) is 12.8 Å². The maximum absolute atomic E-state index is 12.0. The van der Waals surface area contributed by atoms with Gasteiger partial charge in [0.15, 0.2) is 0 Å². The minimum absolute atomic E-state index is 0.0400. The molecular weight excluding hydrogens is 677 g/mol. The molecule has 0 saturated carbocycles. The minimum atomic E-state index is -0.0622. The van der Waals surface area contributed by atoms with Gasteiger partial charge >= 0.3 is 12.1 Å². The number of unbranched alkanes of at least 4 members (excludes halogenated alkanes) is 2. The first-order valence-electron chi connectivity index (χ1n) is 17.8. The molecule has 4 saturated heterocycles. The first-order chi connectivity index (χ1) is 24.0. The Hall–Kier alpha value is -2.02. The first-order valence-corrected chi connectivity index (χ1v) is 19.9. The number of carbonyl (C=O) groups excluding carboxylic acids is 4. The number of ether oxygens (including phenoxy) is 5. The molecule has 0 aromatic rings. The number of urea groups is 2. The van der Waals surface area contributed by atoms with Crippen molar-refractivity contribution in [2.24, 2.45) is 0 Å². The Kier molecular flexibility index (Phi) is 19.0. The van der Waals surface area contributed by atoms with E-state index in [0.717, 1.165) is 50.0 Å². The van der Waals surface area contributed by atoms with Crippen molar-refractivity contribution in [3.63, 3.8) is 0 Å². The maximum Gasteiger partial charge on any atom is 0.315 e. The highest BCUT2D eigenvalue weighted by Crippen LogP contribution is 2.34. The third-order valence-corrected chi connectivity index (χ3v) is 11.8. The van der Waals surface area contributed by atoms with Crippen molar-refractivity contribution < 1.29 is 42.9 Å². The van der Waals surface area contributed by atoms with E-state index >= 15 is 0 Å². The van der Waals surface area contributed by atoms with Crippen LogP contribution in [0.5, 0.6) is 0 Å². The van der Waals surface area contributed by atoms with Crippen molar-refractivity contribution in [2.75, 3.05) is 90.7 Å². The molecule has 0 radical (unpaired) electrons. The van der Waals surface area contributed by atoms with E-state index < -0.39 is 0 Å². The standard InChI is InChI=1S/C32H56N6O9S2/c39-27(7-3-1-5-25-29-23(21-48-25)35-31(41)37-29)33-9-11-43-13-15-45-17-19-47-20-18-46-16-14-44-12-10-34-28(40)8-4-2-6-26-30-24(22-49-26)36-32(42)38-30/h23-26,29-30H,1-22H2,(H,33,39)(H,34,40)(H2,35,37,41)(H2,36,38,42)/t23?,24?,25-,26+,29?,30?. The average Bonchev–Trinajstić information content (AvgIpc) is 3.84.